The molecular weight excluding hydrogens is 419 g/mol. The molecule has 2 N–H and O–H groups in total. The lowest BCUT2D eigenvalue weighted by Gasteiger charge is -2.42. The van der Waals surface area contributed by atoms with Gasteiger partial charge in [-0.2, -0.15) is 0 Å². The second kappa shape index (κ2) is 9.06. The second-order valence-corrected chi connectivity index (χ2v) is 8.02. The Morgan fingerprint density at radius 2 is 1.48 bits per heavy atom. The van der Waals surface area contributed by atoms with Gasteiger partial charge >= 0.3 is 0 Å². The van der Waals surface area contributed by atoms with Crippen molar-refractivity contribution in [2.45, 2.75) is 13.0 Å². The van der Waals surface area contributed by atoms with E-state index in [9.17, 15) is 0 Å². The molecule has 0 radical (unpaired) electrons. The summed E-state index contributed by atoms with van der Waals surface area (Å²) in [4.78, 5) is 4.33. The van der Waals surface area contributed by atoms with Crippen molar-refractivity contribution in [3.8, 4) is 0 Å². The van der Waals surface area contributed by atoms with Crippen molar-refractivity contribution in [2.24, 2.45) is 0 Å². The van der Waals surface area contributed by atoms with E-state index in [0.29, 0.717) is 20.3 Å². The normalized spacial score (nSPS) is 16.8. The number of nitrogens with one attached hydrogen (secondary N) is 2. The Morgan fingerprint density at radius 1 is 0.926 bits per heavy atom. The highest BCUT2D eigenvalue weighted by Gasteiger charge is 2.27. The number of thiocarbonyl (C=S) groups is 2. The van der Waals surface area contributed by atoms with Gasteiger partial charge in [0.15, 0.2) is 10.2 Å². The molecule has 8 heteroatoms. The lowest BCUT2D eigenvalue weighted by atomic mass is 10.2. The van der Waals surface area contributed by atoms with Crippen LogP contribution in [-0.4, -0.2) is 45.7 Å². The molecule has 1 atom stereocenters. The van der Waals surface area contributed by atoms with Crippen molar-refractivity contribution in [1.82, 2.24) is 9.80 Å². The standard InChI is InChI=1S/C19H20Cl2N4S2/c1-13-12-24(18(26)22-16-6-2-4-14(20)10-16)8-9-25(13)19(27)23-17-7-3-5-15(21)11-17/h2-7,10-11,13H,8-9,12H2,1H3,(H,22,26)(H,23,27)/t13-/m0/s1. The van der Waals surface area contributed by atoms with Gasteiger partial charge in [-0.25, -0.2) is 0 Å². The Bertz CT molecular complexity index is 846. The van der Waals surface area contributed by atoms with E-state index in [1.165, 1.54) is 0 Å². The lowest BCUT2D eigenvalue weighted by Crippen LogP contribution is -2.57. The zero-order chi connectivity index (χ0) is 19.4. The number of hydrogen-bond acceptors (Lipinski definition) is 2. The number of nitrogens with zero attached hydrogens (tertiary/aromatic N) is 2. The molecule has 1 saturated heterocycles. The molecular formula is C19H20Cl2N4S2. The first-order valence-corrected chi connectivity index (χ1v) is 10.1. The Kier molecular flexibility index (Phi) is 6.76. The summed E-state index contributed by atoms with van der Waals surface area (Å²) in [5.41, 5.74) is 1.78. The number of hydrogen-bond donors (Lipinski definition) is 2. The third kappa shape index (κ3) is 5.45. The maximum Gasteiger partial charge on any atom is 0.173 e. The fourth-order valence-electron chi connectivity index (χ4n) is 2.97. The first-order chi connectivity index (χ1) is 12.9. The summed E-state index contributed by atoms with van der Waals surface area (Å²) in [7, 11) is 0. The SMILES string of the molecule is C[C@H]1CN(C(=S)Nc2cccc(Cl)c2)CCN1C(=S)Nc1cccc(Cl)c1. The van der Waals surface area contributed by atoms with E-state index in [1.807, 2.05) is 48.5 Å². The van der Waals surface area contributed by atoms with E-state index >= 15 is 0 Å². The molecule has 2 aromatic rings. The molecule has 2 aromatic carbocycles. The summed E-state index contributed by atoms with van der Waals surface area (Å²) in [6.07, 6.45) is 0. The van der Waals surface area contributed by atoms with Gasteiger partial charge in [0.05, 0.1) is 0 Å². The molecule has 0 saturated carbocycles. The Labute approximate surface area is 180 Å². The van der Waals surface area contributed by atoms with Crippen LogP contribution in [0.3, 0.4) is 0 Å². The zero-order valence-corrected chi connectivity index (χ0v) is 17.9. The molecule has 0 aromatic heterocycles. The van der Waals surface area contributed by atoms with Gasteiger partial charge in [-0.1, -0.05) is 35.3 Å². The number of halogens is 2. The highest BCUT2D eigenvalue weighted by molar-refractivity contribution is 7.80. The van der Waals surface area contributed by atoms with Gasteiger partial charge in [0.2, 0.25) is 0 Å². The summed E-state index contributed by atoms with van der Waals surface area (Å²) in [5, 5.41) is 9.26. The topological polar surface area (TPSA) is 30.5 Å². The van der Waals surface area contributed by atoms with Crippen molar-refractivity contribution in [1.29, 1.82) is 0 Å². The number of rotatable bonds is 2. The van der Waals surface area contributed by atoms with Gasteiger partial charge in [0, 0.05) is 47.1 Å². The van der Waals surface area contributed by atoms with Crippen molar-refractivity contribution < 1.29 is 0 Å². The van der Waals surface area contributed by atoms with Crippen LogP contribution in [0.4, 0.5) is 11.4 Å². The highest BCUT2D eigenvalue weighted by Crippen LogP contribution is 2.19. The molecule has 4 nitrogen and oxygen atoms in total. The van der Waals surface area contributed by atoms with Crippen molar-refractivity contribution in [3.63, 3.8) is 0 Å². The Hall–Kier alpha value is -1.60. The third-order valence-corrected chi connectivity index (χ3v) is 5.49. The lowest BCUT2D eigenvalue weighted by molar-refractivity contribution is 0.200. The van der Waals surface area contributed by atoms with Crippen LogP contribution in [0, 0.1) is 0 Å². The van der Waals surface area contributed by atoms with Crippen molar-refractivity contribution in [2.75, 3.05) is 30.3 Å². The van der Waals surface area contributed by atoms with Crippen LogP contribution in [0.15, 0.2) is 48.5 Å². The van der Waals surface area contributed by atoms with Crippen molar-refractivity contribution in [3.05, 3.63) is 58.6 Å². The predicted octanol–water partition coefficient (Wildman–Crippen LogP) is 5.09. The smallest absolute Gasteiger partial charge is 0.173 e. The van der Waals surface area contributed by atoms with Gasteiger partial charge in [-0.15, -0.1) is 0 Å². The minimum Gasteiger partial charge on any atom is -0.345 e. The fourth-order valence-corrected chi connectivity index (χ4v) is 4.03. The monoisotopic (exact) mass is 438 g/mol. The number of piperazine rings is 1. The molecule has 27 heavy (non-hydrogen) atoms. The second-order valence-electron chi connectivity index (χ2n) is 6.37. The van der Waals surface area contributed by atoms with E-state index in [4.69, 9.17) is 47.6 Å². The highest BCUT2D eigenvalue weighted by atomic mass is 35.5. The summed E-state index contributed by atoms with van der Waals surface area (Å²) in [5.74, 6) is 0. The van der Waals surface area contributed by atoms with E-state index in [-0.39, 0.29) is 6.04 Å². The maximum absolute atomic E-state index is 6.04. The molecule has 1 fully saturated rings. The average Bonchev–Trinajstić information content (AvgIpc) is 2.61. The molecule has 0 aliphatic carbocycles. The molecule has 1 aliphatic heterocycles. The summed E-state index contributed by atoms with van der Waals surface area (Å²) < 4.78 is 0. The van der Waals surface area contributed by atoms with Crippen LogP contribution in [0.25, 0.3) is 0 Å². The maximum atomic E-state index is 6.04. The molecule has 142 valence electrons. The first-order valence-electron chi connectivity index (χ1n) is 8.57. The van der Waals surface area contributed by atoms with Crippen LogP contribution in [-0.2, 0) is 0 Å². The minimum atomic E-state index is 0.219. The van der Waals surface area contributed by atoms with E-state index in [1.54, 1.807) is 0 Å². The largest absolute Gasteiger partial charge is 0.345 e. The number of benzene rings is 2. The summed E-state index contributed by atoms with van der Waals surface area (Å²) in [6, 6.07) is 15.3. The van der Waals surface area contributed by atoms with Gasteiger partial charge in [0.1, 0.15) is 0 Å². The Balaban J connectivity index is 1.56. The van der Waals surface area contributed by atoms with Crippen LogP contribution in [0.1, 0.15) is 6.92 Å². The van der Waals surface area contributed by atoms with E-state index in [2.05, 4.69) is 27.4 Å². The van der Waals surface area contributed by atoms with Gasteiger partial charge in [-0.05, 0) is 67.8 Å². The molecule has 3 rings (SSSR count). The first kappa shape index (κ1) is 20.1. The summed E-state index contributed by atoms with van der Waals surface area (Å²) >= 11 is 23.2. The van der Waals surface area contributed by atoms with E-state index in [0.717, 1.165) is 31.0 Å². The average molecular weight is 439 g/mol. The van der Waals surface area contributed by atoms with Gasteiger partial charge in [-0.3, -0.25) is 0 Å². The van der Waals surface area contributed by atoms with Crippen LogP contribution < -0.4 is 10.6 Å². The summed E-state index contributed by atoms with van der Waals surface area (Å²) in [6.45, 7) is 4.49. The molecule has 1 heterocycles. The molecule has 1 aliphatic rings. The third-order valence-electron chi connectivity index (χ3n) is 4.33. The molecule has 0 spiro atoms. The van der Waals surface area contributed by atoms with E-state index < -0.39 is 0 Å². The predicted molar refractivity (Wildman–Crippen MR) is 123 cm³/mol. The van der Waals surface area contributed by atoms with Crippen LogP contribution >= 0.6 is 47.6 Å². The fraction of sp³-hybridized carbons (Fsp3) is 0.263. The van der Waals surface area contributed by atoms with Crippen LogP contribution in [0.5, 0.6) is 0 Å². The quantitative estimate of drug-likeness (QED) is 0.634. The van der Waals surface area contributed by atoms with Crippen LogP contribution in [0.2, 0.25) is 10.0 Å². The molecule has 0 unspecified atom stereocenters. The molecule has 0 bridgehead atoms. The minimum absolute atomic E-state index is 0.219. The van der Waals surface area contributed by atoms with Gasteiger partial charge < -0.3 is 20.4 Å². The van der Waals surface area contributed by atoms with Gasteiger partial charge in [0.25, 0.3) is 0 Å². The zero-order valence-electron chi connectivity index (χ0n) is 14.8. The Morgan fingerprint density at radius 3 is 2.00 bits per heavy atom. The van der Waals surface area contributed by atoms with Crippen molar-refractivity contribution >= 4 is 69.2 Å². The number of anilines is 2. The molecule has 0 amide bonds.